The maximum atomic E-state index is 11.4. The van der Waals surface area contributed by atoms with Gasteiger partial charge in [0.25, 0.3) is 0 Å². The van der Waals surface area contributed by atoms with Crippen LogP contribution < -0.4 is 10.6 Å². The van der Waals surface area contributed by atoms with Gasteiger partial charge in [0.1, 0.15) is 6.10 Å². The van der Waals surface area contributed by atoms with E-state index < -0.39 is 6.09 Å². The molecule has 0 saturated carbocycles. The molecular weight excluding hydrogens is 444 g/mol. The third kappa shape index (κ3) is 27.7. The maximum absolute atomic E-state index is 11.4. The number of anilines is 2. The molecule has 9 heteroatoms. The second-order valence-corrected chi connectivity index (χ2v) is 7.78. The fourth-order valence-electron chi connectivity index (χ4n) is 1.62. The van der Waals surface area contributed by atoms with Gasteiger partial charge >= 0.3 is 12.1 Å². The van der Waals surface area contributed by atoms with Gasteiger partial charge in [-0.15, -0.1) is 0 Å². The molecule has 0 aliphatic rings. The lowest BCUT2D eigenvalue weighted by atomic mass is 10.3. The lowest BCUT2D eigenvalue weighted by Gasteiger charge is -2.12. The van der Waals surface area contributed by atoms with Crippen molar-refractivity contribution < 1.29 is 29.0 Å². The number of hydrogen-bond donors (Lipinski definition) is 3. The molecule has 0 bridgehead atoms. The maximum Gasteiger partial charge on any atom is 0.411 e. The van der Waals surface area contributed by atoms with E-state index in [1.807, 2.05) is 47.1 Å². The van der Waals surface area contributed by atoms with Crippen LogP contribution in [0.25, 0.3) is 0 Å². The molecule has 1 rings (SSSR count). The van der Waals surface area contributed by atoms with Crippen LogP contribution in [0.3, 0.4) is 0 Å². The third-order valence-corrected chi connectivity index (χ3v) is 3.50. The van der Waals surface area contributed by atoms with Gasteiger partial charge < -0.3 is 19.9 Å². The summed E-state index contributed by atoms with van der Waals surface area (Å²) in [5, 5.41) is 13.1. The summed E-state index contributed by atoms with van der Waals surface area (Å²) in [7, 11) is 0. The van der Waals surface area contributed by atoms with Gasteiger partial charge in [-0.05, 0) is 69.9 Å². The smallest absolute Gasteiger partial charge is 0.411 e. The molecule has 0 radical (unpaired) electrons. The highest BCUT2D eigenvalue weighted by Gasteiger charge is 2.07. The zero-order chi connectivity index (χ0) is 26.2. The highest BCUT2D eigenvalue weighted by Crippen LogP contribution is 2.14. The first-order valence-electron chi connectivity index (χ1n) is 11.0. The second-order valence-electron chi connectivity index (χ2n) is 6.97. The van der Waals surface area contributed by atoms with E-state index in [2.05, 4.69) is 10.6 Å². The van der Waals surface area contributed by atoms with Crippen LogP contribution in [-0.2, 0) is 19.1 Å². The molecule has 2 amide bonds. The topological polar surface area (TPSA) is 114 Å². The van der Waals surface area contributed by atoms with Crippen LogP contribution in [0.5, 0.6) is 0 Å². The molecular formula is C24H44N2O6S. The van der Waals surface area contributed by atoms with Crippen LogP contribution in [0.2, 0.25) is 0 Å². The molecule has 1 aromatic carbocycles. The minimum atomic E-state index is -0.475. The van der Waals surface area contributed by atoms with E-state index in [0.29, 0.717) is 18.0 Å². The molecule has 2 atom stereocenters. The Balaban J connectivity index is -0.000000495. The number of nitrogens with one attached hydrogen (secondary N) is 2. The Kier molecular flexibility index (Phi) is 26.1. The molecule has 8 nitrogen and oxygen atoms in total. The van der Waals surface area contributed by atoms with Crippen LogP contribution in [-0.4, -0.2) is 54.4 Å². The molecule has 3 N–H and O–H groups in total. The quantitative estimate of drug-likeness (QED) is 0.421. The van der Waals surface area contributed by atoms with Crippen molar-refractivity contribution in [2.75, 3.05) is 29.8 Å². The minimum Gasteiger partial charge on any atom is -0.463 e. The number of amides is 2. The van der Waals surface area contributed by atoms with Crippen LogP contribution >= 0.6 is 11.8 Å². The molecule has 1 aromatic rings. The Bertz CT molecular complexity index is 624. The van der Waals surface area contributed by atoms with Gasteiger partial charge in [-0.2, -0.15) is 11.8 Å². The number of aliphatic hydroxyl groups is 1. The predicted octanol–water partition coefficient (Wildman–Crippen LogP) is 5.71. The number of carbonyl (C=O) groups is 3. The SMILES string of the molecule is CCC(C)OC(=O)Nc1ccc(NC(C)=O)cc1.CCC(C)OC(C)=O.CCCO.CSC. The van der Waals surface area contributed by atoms with E-state index in [9.17, 15) is 14.4 Å². The molecule has 2 unspecified atom stereocenters. The Morgan fingerprint density at radius 1 is 0.879 bits per heavy atom. The number of hydrogen-bond acceptors (Lipinski definition) is 7. The number of esters is 1. The first kappa shape index (κ1) is 35.3. The third-order valence-electron chi connectivity index (χ3n) is 3.50. The summed E-state index contributed by atoms with van der Waals surface area (Å²) in [6.45, 7) is 12.7. The van der Waals surface area contributed by atoms with Gasteiger partial charge in [0.2, 0.25) is 5.91 Å². The molecule has 0 fully saturated rings. The summed E-state index contributed by atoms with van der Waals surface area (Å²) >= 11 is 1.75. The second kappa shape index (κ2) is 24.4. The van der Waals surface area contributed by atoms with Crippen molar-refractivity contribution in [3.8, 4) is 0 Å². The first-order valence-corrected chi connectivity index (χ1v) is 12.7. The molecule has 0 aromatic heterocycles. The zero-order valence-corrected chi connectivity index (χ0v) is 22.5. The molecule has 0 aliphatic heterocycles. The summed E-state index contributed by atoms with van der Waals surface area (Å²) < 4.78 is 9.84. The zero-order valence-electron chi connectivity index (χ0n) is 21.7. The van der Waals surface area contributed by atoms with E-state index in [1.54, 1.807) is 36.0 Å². The van der Waals surface area contributed by atoms with E-state index in [-0.39, 0.29) is 24.1 Å². The van der Waals surface area contributed by atoms with Crippen molar-refractivity contribution in [3.63, 3.8) is 0 Å². The molecule has 0 aliphatic carbocycles. The van der Waals surface area contributed by atoms with Crippen molar-refractivity contribution in [2.24, 2.45) is 0 Å². The lowest BCUT2D eigenvalue weighted by molar-refractivity contribution is -0.145. The molecule has 0 spiro atoms. The molecule has 33 heavy (non-hydrogen) atoms. The van der Waals surface area contributed by atoms with Gasteiger partial charge in [0.05, 0.1) is 6.10 Å². The summed E-state index contributed by atoms with van der Waals surface area (Å²) in [6, 6.07) is 6.81. The molecule has 192 valence electrons. The van der Waals surface area contributed by atoms with Crippen molar-refractivity contribution in [1.82, 2.24) is 0 Å². The number of ether oxygens (including phenoxy) is 2. The van der Waals surface area contributed by atoms with Crippen molar-refractivity contribution >= 4 is 41.1 Å². The van der Waals surface area contributed by atoms with Crippen LogP contribution in [0.4, 0.5) is 16.2 Å². The van der Waals surface area contributed by atoms with Gasteiger partial charge in [-0.3, -0.25) is 14.9 Å². The Morgan fingerprint density at radius 3 is 1.52 bits per heavy atom. The average Bonchev–Trinajstić information content (AvgIpc) is 2.75. The van der Waals surface area contributed by atoms with Gasteiger partial charge in [0.15, 0.2) is 0 Å². The van der Waals surface area contributed by atoms with Crippen molar-refractivity contribution in [3.05, 3.63) is 24.3 Å². The fourth-order valence-corrected chi connectivity index (χ4v) is 1.62. The number of aliphatic hydroxyl groups excluding tert-OH is 1. The molecule has 0 heterocycles. The Hall–Kier alpha value is -2.26. The van der Waals surface area contributed by atoms with E-state index in [0.717, 1.165) is 19.3 Å². The van der Waals surface area contributed by atoms with E-state index >= 15 is 0 Å². The molecule has 0 saturated heterocycles. The van der Waals surface area contributed by atoms with Crippen molar-refractivity contribution in [2.45, 2.75) is 79.9 Å². The van der Waals surface area contributed by atoms with Gasteiger partial charge in [0, 0.05) is 31.8 Å². The predicted molar refractivity (Wildman–Crippen MR) is 139 cm³/mol. The number of thioether (sulfide) groups is 1. The highest BCUT2D eigenvalue weighted by atomic mass is 32.2. The monoisotopic (exact) mass is 488 g/mol. The minimum absolute atomic E-state index is 0.0764. The van der Waals surface area contributed by atoms with Crippen LogP contribution in [0.1, 0.15) is 67.7 Å². The number of carbonyl (C=O) groups excluding carboxylic acids is 3. The standard InChI is InChI=1S/C13H18N2O3.C6H12O2.C3H8O.C2H6S/c1-4-9(2)18-13(17)15-12-7-5-11(6-8-12)14-10(3)16;1-4-5(2)8-6(3)7;1-2-3-4;1-3-2/h5-9H,4H2,1-3H3,(H,14,16)(H,15,17);5H,4H2,1-3H3;4H,2-3H2,1H3;1-2H3. The summed E-state index contributed by atoms with van der Waals surface area (Å²) in [5.74, 6) is -0.328. The summed E-state index contributed by atoms with van der Waals surface area (Å²) in [4.78, 5) is 32.5. The number of benzene rings is 1. The number of rotatable bonds is 7. The Labute approximate surface area is 204 Å². The lowest BCUT2D eigenvalue weighted by Crippen LogP contribution is -2.19. The fraction of sp³-hybridized carbons (Fsp3) is 0.625. The highest BCUT2D eigenvalue weighted by molar-refractivity contribution is 7.97. The normalized spacial score (nSPS) is 10.8. The van der Waals surface area contributed by atoms with E-state index in [1.165, 1.54) is 13.8 Å². The largest absolute Gasteiger partial charge is 0.463 e. The van der Waals surface area contributed by atoms with Crippen LogP contribution in [0, 0.1) is 0 Å². The van der Waals surface area contributed by atoms with E-state index in [4.69, 9.17) is 14.6 Å². The Morgan fingerprint density at radius 2 is 1.24 bits per heavy atom. The first-order chi connectivity index (χ1) is 15.5. The van der Waals surface area contributed by atoms with Gasteiger partial charge in [-0.25, -0.2) is 4.79 Å². The van der Waals surface area contributed by atoms with Crippen molar-refractivity contribution in [1.29, 1.82) is 0 Å². The van der Waals surface area contributed by atoms with Crippen LogP contribution in [0.15, 0.2) is 24.3 Å². The average molecular weight is 489 g/mol. The van der Waals surface area contributed by atoms with Gasteiger partial charge in [-0.1, -0.05) is 20.8 Å². The summed E-state index contributed by atoms with van der Waals surface area (Å²) in [6.07, 6.45) is 6.11. The summed E-state index contributed by atoms with van der Waals surface area (Å²) in [5.41, 5.74) is 1.31.